The fourth-order valence-electron chi connectivity index (χ4n) is 1.53. The molecule has 8 heteroatoms. The van der Waals surface area contributed by atoms with Gasteiger partial charge in [-0.15, -0.1) is 0 Å². The molecule has 0 fully saturated rings. The summed E-state index contributed by atoms with van der Waals surface area (Å²) in [5.41, 5.74) is -0.943. The molecular formula is C12H11F3N4O. The Bertz CT molecular complexity index is 563. The summed E-state index contributed by atoms with van der Waals surface area (Å²) in [6.07, 6.45) is 0.167. The fraction of sp³-hybridized carbons (Fsp3) is 0.250. The zero-order valence-electron chi connectivity index (χ0n) is 10.2. The summed E-state index contributed by atoms with van der Waals surface area (Å²) in [4.78, 5) is 21.8. The Morgan fingerprint density at radius 2 is 2.10 bits per heavy atom. The van der Waals surface area contributed by atoms with E-state index in [1.54, 1.807) is 12.4 Å². The molecule has 0 radical (unpaired) electrons. The van der Waals surface area contributed by atoms with E-state index in [1.807, 2.05) is 0 Å². The van der Waals surface area contributed by atoms with Crippen LogP contribution in [0.15, 0.2) is 30.7 Å². The lowest BCUT2D eigenvalue weighted by Gasteiger charge is -2.07. The van der Waals surface area contributed by atoms with Crippen molar-refractivity contribution in [1.82, 2.24) is 20.3 Å². The number of carbonyl (C=O) groups is 1. The van der Waals surface area contributed by atoms with Gasteiger partial charge in [-0.25, -0.2) is 4.98 Å². The lowest BCUT2D eigenvalue weighted by molar-refractivity contribution is -0.141. The summed E-state index contributed by atoms with van der Waals surface area (Å²) in [6.45, 7) is 0.327. The third kappa shape index (κ3) is 3.56. The maximum Gasteiger partial charge on any atom is 0.433 e. The predicted octanol–water partition coefficient (Wildman–Crippen LogP) is 1.80. The van der Waals surface area contributed by atoms with Gasteiger partial charge in [0.25, 0.3) is 5.91 Å². The first kappa shape index (κ1) is 14.0. The molecule has 0 unspecified atom stereocenters. The highest BCUT2D eigenvalue weighted by molar-refractivity contribution is 5.93. The Hall–Kier alpha value is -2.38. The second kappa shape index (κ2) is 5.72. The van der Waals surface area contributed by atoms with E-state index in [9.17, 15) is 18.0 Å². The Morgan fingerprint density at radius 3 is 2.65 bits per heavy atom. The van der Waals surface area contributed by atoms with Gasteiger partial charge in [0.1, 0.15) is 11.5 Å². The van der Waals surface area contributed by atoms with Crippen molar-refractivity contribution >= 4 is 5.91 Å². The number of hydrogen-bond donors (Lipinski definition) is 2. The Morgan fingerprint density at radius 1 is 1.30 bits per heavy atom. The van der Waals surface area contributed by atoms with Gasteiger partial charge in [0.05, 0.1) is 5.56 Å². The average Bonchev–Trinajstić information content (AvgIpc) is 2.91. The topological polar surface area (TPSA) is 70.7 Å². The largest absolute Gasteiger partial charge is 0.433 e. The fourth-order valence-corrected chi connectivity index (χ4v) is 1.53. The van der Waals surface area contributed by atoms with Gasteiger partial charge >= 0.3 is 6.18 Å². The Balaban J connectivity index is 1.89. The second-order valence-corrected chi connectivity index (χ2v) is 3.97. The van der Waals surface area contributed by atoms with Crippen molar-refractivity contribution in [3.63, 3.8) is 0 Å². The smallest absolute Gasteiger partial charge is 0.352 e. The molecule has 0 saturated heterocycles. The molecule has 5 nitrogen and oxygen atoms in total. The molecule has 2 aromatic heterocycles. The van der Waals surface area contributed by atoms with Crippen LogP contribution in [0.25, 0.3) is 0 Å². The molecule has 0 aliphatic carbocycles. The lowest BCUT2D eigenvalue weighted by atomic mass is 10.2. The summed E-state index contributed by atoms with van der Waals surface area (Å²) >= 11 is 0. The minimum absolute atomic E-state index is 0.0810. The van der Waals surface area contributed by atoms with E-state index >= 15 is 0 Å². The first-order chi connectivity index (χ1) is 9.47. The molecule has 0 aliphatic heterocycles. The summed E-state index contributed by atoms with van der Waals surface area (Å²) in [5, 5.41) is 2.58. The van der Waals surface area contributed by atoms with Crippen LogP contribution < -0.4 is 5.32 Å². The van der Waals surface area contributed by atoms with Crippen molar-refractivity contribution in [1.29, 1.82) is 0 Å². The number of H-pyrrole nitrogens is 1. The average molecular weight is 284 g/mol. The number of nitrogens with one attached hydrogen (secondary N) is 2. The van der Waals surface area contributed by atoms with Crippen LogP contribution in [-0.4, -0.2) is 27.4 Å². The third-order valence-corrected chi connectivity index (χ3v) is 2.52. The molecular weight excluding hydrogens is 273 g/mol. The molecule has 0 aliphatic rings. The Kier molecular flexibility index (Phi) is 4.02. The van der Waals surface area contributed by atoms with Crippen molar-refractivity contribution in [2.24, 2.45) is 0 Å². The highest BCUT2D eigenvalue weighted by atomic mass is 19.4. The molecule has 0 bridgehead atoms. The minimum Gasteiger partial charge on any atom is -0.352 e. The van der Waals surface area contributed by atoms with Gasteiger partial charge in [-0.1, -0.05) is 0 Å². The Labute approximate surface area is 112 Å². The molecule has 20 heavy (non-hydrogen) atoms. The number of hydrogen-bond acceptors (Lipinski definition) is 3. The monoisotopic (exact) mass is 284 g/mol. The number of halogens is 3. The van der Waals surface area contributed by atoms with Gasteiger partial charge in [0.15, 0.2) is 0 Å². The first-order valence-electron chi connectivity index (χ1n) is 5.76. The number of rotatable bonds is 4. The van der Waals surface area contributed by atoms with Gasteiger partial charge < -0.3 is 10.3 Å². The summed E-state index contributed by atoms with van der Waals surface area (Å²) in [6, 6.07) is 1.87. The number of nitrogens with zero attached hydrogens (tertiary/aromatic N) is 2. The molecule has 106 valence electrons. The van der Waals surface area contributed by atoms with E-state index < -0.39 is 17.8 Å². The zero-order chi connectivity index (χ0) is 14.6. The molecule has 0 spiro atoms. The van der Waals surface area contributed by atoms with E-state index in [0.717, 1.165) is 24.2 Å². The standard InChI is InChI=1S/C12H11F3N4O/c13-12(14,15)9-2-1-8(7-19-9)11(20)18-4-3-10-16-5-6-17-10/h1-2,5-7H,3-4H2,(H,16,17)(H,18,20). The summed E-state index contributed by atoms with van der Waals surface area (Å²) in [7, 11) is 0. The zero-order valence-corrected chi connectivity index (χ0v) is 10.2. The van der Waals surface area contributed by atoms with Crippen LogP contribution >= 0.6 is 0 Å². The predicted molar refractivity (Wildman–Crippen MR) is 63.9 cm³/mol. The number of alkyl halides is 3. The van der Waals surface area contributed by atoms with E-state index in [2.05, 4.69) is 20.3 Å². The number of pyridine rings is 1. The van der Waals surface area contributed by atoms with Gasteiger partial charge in [0.2, 0.25) is 0 Å². The quantitative estimate of drug-likeness (QED) is 0.899. The second-order valence-electron chi connectivity index (χ2n) is 3.97. The lowest BCUT2D eigenvalue weighted by Crippen LogP contribution is -2.26. The summed E-state index contributed by atoms with van der Waals surface area (Å²) < 4.78 is 36.9. The van der Waals surface area contributed by atoms with Crippen molar-refractivity contribution in [2.75, 3.05) is 6.54 Å². The molecule has 2 aromatic rings. The van der Waals surface area contributed by atoms with E-state index in [0.29, 0.717) is 13.0 Å². The maximum absolute atomic E-state index is 12.3. The van der Waals surface area contributed by atoms with Crippen LogP contribution in [0.2, 0.25) is 0 Å². The highest BCUT2D eigenvalue weighted by Crippen LogP contribution is 2.27. The van der Waals surface area contributed by atoms with Crippen LogP contribution in [0, 0.1) is 0 Å². The summed E-state index contributed by atoms with van der Waals surface area (Å²) in [5.74, 6) is 0.244. The molecule has 2 heterocycles. The van der Waals surface area contributed by atoms with E-state index in [4.69, 9.17) is 0 Å². The normalized spacial score (nSPS) is 11.3. The highest BCUT2D eigenvalue weighted by Gasteiger charge is 2.32. The number of aromatic amines is 1. The number of carbonyl (C=O) groups excluding carboxylic acids is 1. The number of imidazole rings is 1. The third-order valence-electron chi connectivity index (χ3n) is 2.52. The van der Waals surface area contributed by atoms with Gasteiger partial charge in [-0.05, 0) is 12.1 Å². The van der Waals surface area contributed by atoms with Gasteiger partial charge in [0, 0.05) is 31.6 Å². The van der Waals surface area contributed by atoms with Crippen LogP contribution in [0.4, 0.5) is 13.2 Å². The number of aromatic nitrogens is 3. The number of amides is 1. The van der Waals surface area contributed by atoms with Crippen LogP contribution in [0.3, 0.4) is 0 Å². The van der Waals surface area contributed by atoms with Crippen molar-refractivity contribution < 1.29 is 18.0 Å². The molecule has 1 amide bonds. The van der Waals surface area contributed by atoms with Gasteiger partial charge in [-0.2, -0.15) is 13.2 Å². The maximum atomic E-state index is 12.3. The molecule has 0 atom stereocenters. The van der Waals surface area contributed by atoms with Crippen molar-refractivity contribution in [3.05, 3.63) is 47.8 Å². The van der Waals surface area contributed by atoms with Crippen LogP contribution in [-0.2, 0) is 12.6 Å². The first-order valence-corrected chi connectivity index (χ1v) is 5.76. The van der Waals surface area contributed by atoms with Crippen LogP contribution in [0.1, 0.15) is 21.9 Å². The minimum atomic E-state index is -4.51. The molecule has 0 saturated carbocycles. The van der Waals surface area contributed by atoms with Crippen LogP contribution in [0.5, 0.6) is 0 Å². The van der Waals surface area contributed by atoms with E-state index in [1.165, 1.54) is 0 Å². The van der Waals surface area contributed by atoms with E-state index in [-0.39, 0.29) is 5.56 Å². The SMILES string of the molecule is O=C(NCCc1ncc[nH]1)c1ccc(C(F)(F)F)nc1. The molecule has 0 aromatic carbocycles. The molecule has 2 N–H and O–H groups in total. The van der Waals surface area contributed by atoms with Crippen molar-refractivity contribution in [2.45, 2.75) is 12.6 Å². The van der Waals surface area contributed by atoms with Crippen molar-refractivity contribution in [3.8, 4) is 0 Å². The molecule has 2 rings (SSSR count). The van der Waals surface area contributed by atoms with Gasteiger partial charge in [-0.3, -0.25) is 9.78 Å².